The lowest BCUT2D eigenvalue weighted by Crippen LogP contribution is -2.36. The number of hydrogen-bond donors (Lipinski definition) is 1. The maximum atomic E-state index is 12.0. The molecule has 6 nitrogen and oxygen atoms in total. The minimum atomic E-state index is -2.97. The van der Waals surface area contributed by atoms with Gasteiger partial charge in [-0.2, -0.15) is 5.10 Å². The predicted molar refractivity (Wildman–Crippen MR) is 67.0 cm³/mol. The van der Waals surface area contributed by atoms with Gasteiger partial charge in [0, 0.05) is 18.8 Å². The molecule has 0 radical (unpaired) electrons. The summed E-state index contributed by atoms with van der Waals surface area (Å²) in [5.41, 5.74) is 0.487. The first-order valence-corrected chi connectivity index (χ1v) is 7.87. The van der Waals surface area contributed by atoms with Gasteiger partial charge in [-0.1, -0.05) is 6.92 Å². The molecule has 0 bridgehead atoms. The van der Waals surface area contributed by atoms with Crippen molar-refractivity contribution in [2.24, 2.45) is 0 Å². The molecule has 1 aromatic heterocycles. The third-order valence-corrected chi connectivity index (χ3v) is 4.72. The molecule has 0 aromatic carbocycles. The molecule has 1 aliphatic heterocycles. The predicted octanol–water partition coefficient (Wildman–Crippen LogP) is 0.210. The van der Waals surface area contributed by atoms with Crippen LogP contribution in [0.5, 0.6) is 0 Å². The SMILES string of the molecule is CCCn1nccc1C(=O)N[C@H]1CCS(=O)(=O)C1. The minimum absolute atomic E-state index is 0.0423. The third kappa shape index (κ3) is 2.90. The van der Waals surface area contributed by atoms with Gasteiger partial charge in [-0.25, -0.2) is 8.42 Å². The average molecular weight is 271 g/mol. The quantitative estimate of drug-likeness (QED) is 0.849. The van der Waals surface area contributed by atoms with Crippen LogP contribution in [0.15, 0.2) is 12.3 Å². The summed E-state index contributed by atoms with van der Waals surface area (Å²) in [6, 6.07) is 1.38. The van der Waals surface area contributed by atoms with Gasteiger partial charge in [-0.05, 0) is 18.9 Å². The molecule has 1 aromatic rings. The van der Waals surface area contributed by atoms with Gasteiger partial charge in [-0.3, -0.25) is 9.48 Å². The van der Waals surface area contributed by atoms with Gasteiger partial charge in [0.1, 0.15) is 5.69 Å². The Morgan fingerprint density at radius 2 is 2.39 bits per heavy atom. The zero-order valence-electron chi connectivity index (χ0n) is 10.3. The van der Waals surface area contributed by atoms with Crippen LogP contribution >= 0.6 is 0 Å². The van der Waals surface area contributed by atoms with E-state index >= 15 is 0 Å². The summed E-state index contributed by atoms with van der Waals surface area (Å²) in [6.07, 6.45) is 2.96. The summed E-state index contributed by atoms with van der Waals surface area (Å²) in [5.74, 6) is -0.0460. The van der Waals surface area contributed by atoms with E-state index in [1.54, 1.807) is 16.9 Å². The Labute approximate surface area is 106 Å². The molecule has 1 aliphatic rings. The topological polar surface area (TPSA) is 81.1 Å². The molecule has 2 rings (SSSR count). The highest BCUT2D eigenvalue weighted by molar-refractivity contribution is 7.91. The fourth-order valence-corrected chi connectivity index (χ4v) is 3.76. The lowest BCUT2D eigenvalue weighted by molar-refractivity contribution is 0.0930. The van der Waals surface area contributed by atoms with Crippen LogP contribution in [0.25, 0.3) is 0 Å². The molecule has 100 valence electrons. The van der Waals surface area contributed by atoms with Gasteiger partial charge in [-0.15, -0.1) is 0 Å². The Morgan fingerprint density at radius 1 is 1.61 bits per heavy atom. The second-order valence-corrected chi connectivity index (χ2v) is 6.74. The Hall–Kier alpha value is -1.37. The Morgan fingerprint density at radius 3 is 3.00 bits per heavy atom. The molecule has 1 fully saturated rings. The summed E-state index contributed by atoms with van der Waals surface area (Å²) in [7, 11) is -2.97. The molecule has 1 atom stereocenters. The molecule has 7 heteroatoms. The molecule has 1 saturated heterocycles. The van der Waals surface area contributed by atoms with E-state index in [4.69, 9.17) is 0 Å². The van der Waals surface area contributed by atoms with Crippen molar-refractivity contribution < 1.29 is 13.2 Å². The van der Waals surface area contributed by atoms with Crippen molar-refractivity contribution >= 4 is 15.7 Å². The summed E-state index contributed by atoms with van der Waals surface area (Å²) >= 11 is 0. The highest BCUT2D eigenvalue weighted by Gasteiger charge is 2.29. The number of rotatable bonds is 4. The van der Waals surface area contributed by atoms with Crippen LogP contribution in [0, 0.1) is 0 Å². The first-order valence-electron chi connectivity index (χ1n) is 6.05. The van der Waals surface area contributed by atoms with Crippen LogP contribution in [0.2, 0.25) is 0 Å². The number of nitrogens with one attached hydrogen (secondary N) is 1. The number of hydrogen-bond acceptors (Lipinski definition) is 4. The normalized spacial score (nSPS) is 21.9. The minimum Gasteiger partial charge on any atom is -0.347 e. The van der Waals surface area contributed by atoms with E-state index in [0.717, 1.165) is 6.42 Å². The number of sulfone groups is 1. The maximum Gasteiger partial charge on any atom is 0.269 e. The largest absolute Gasteiger partial charge is 0.347 e. The second kappa shape index (κ2) is 5.09. The average Bonchev–Trinajstić information content (AvgIpc) is 2.86. The van der Waals surface area contributed by atoms with Crippen LogP contribution in [0.1, 0.15) is 30.3 Å². The molecule has 0 unspecified atom stereocenters. The number of carbonyl (C=O) groups excluding carboxylic acids is 1. The Bertz CT molecular complexity index is 535. The zero-order chi connectivity index (χ0) is 13.2. The molecule has 2 heterocycles. The van der Waals surface area contributed by atoms with Crippen molar-refractivity contribution in [1.29, 1.82) is 0 Å². The van der Waals surface area contributed by atoms with Gasteiger partial charge in [0.15, 0.2) is 9.84 Å². The molecule has 0 aliphatic carbocycles. The van der Waals surface area contributed by atoms with Crippen molar-refractivity contribution in [2.45, 2.75) is 32.4 Å². The number of aryl methyl sites for hydroxylation is 1. The van der Waals surface area contributed by atoms with Gasteiger partial charge in [0.05, 0.1) is 11.5 Å². The van der Waals surface area contributed by atoms with Gasteiger partial charge in [0.2, 0.25) is 0 Å². The van der Waals surface area contributed by atoms with Crippen LogP contribution in [-0.2, 0) is 16.4 Å². The highest BCUT2D eigenvalue weighted by atomic mass is 32.2. The van der Waals surface area contributed by atoms with Crippen molar-refractivity contribution in [3.8, 4) is 0 Å². The zero-order valence-corrected chi connectivity index (χ0v) is 11.1. The number of nitrogens with zero attached hydrogens (tertiary/aromatic N) is 2. The summed E-state index contributed by atoms with van der Waals surface area (Å²) in [4.78, 5) is 12.0. The van der Waals surface area contributed by atoms with E-state index in [1.165, 1.54) is 0 Å². The fourth-order valence-electron chi connectivity index (χ4n) is 2.08. The molecular weight excluding hydrogens is 254 g/mol. The third-order valence-electron chi connectivity index (χ3n) is 2.95. The molecule has 0 saturated carbocycles. The van der Waals surface area contributed by atoms with E-state index in [-0.39, 0.29) is 23.5 Å². The smallest absolute Gasteiger partial charge is 0.269 e. The number of aromatic nitrogens is 2. The molecule has 0 spiro atoms. The molecule has 18 heavy (non-hydrogen) atoms. The second-order valence-electron chi connectivity index (χ2n) is 4.51. The molecule has 1 amide bonds. The van der Waals surface area contributed by atoms with Crippen molar-refractivity contribution in [1.82, 2.24) is 15.1 Å². The number of amides is 1. The van der Waals surface area contributed by atoms with Crippen molar-refractivity contribution in [2.75, 3.05) is 11.5 Å². The van der Waals surface area contributed by atoms with Crippen LogP contribution in [0.3, 0.4) is 0 Å². The monoisotopic (exact) mass is 271 g/mol. The van der Waals surface area contributed by atoms with Crippen molar-refractivity contribution in [3.63, 3.8) is 0 Å². The standard InChI is InChI=1S/C11H17N3O3S/c1-2-6-14-10(3-5-12-14)11(15)13-9-4-7-18(16,17)8-9/h3,5,9H,2,4,6-8H2,1H3,(H,13,15)/t9-/m0/s1. The van der Waals surface area contributed by atoms with E-state index in [1.807, 2.05) is 6.92 Å². The number of carbonyl (C=O) groups is 1. The Kier molecular flexibility index (Phi) is 3.70. The molecule has 1 N–H and O–H groups in total. The first kappa shape index (κ1) is 13.1. The molecular formula is C11H17N3O3S. The van der Waals surface area contributed by atoms with Gasteiger partial charge in [0.25, 0.3) is 5.91 Å². The summed E-state index contributed by atoms with van der Waals surface area (Å²) < 4.78 is 24.3. The van der Waals surface area contributed by atoms with Crippen LogP contribution < -0.4 is 5.32 Å². The lowest BCUT2D eigenvalue weighted by atomic mass is 10.2. The fraction of sp³-hybridized carbons (Fsp3) is 0.636. The van der Waals surface area contributed by atoms with Crippen LogP contribution in [-0.4, -0.2) is 41.7 Å². The van der Waals surface area contributed by atoms with Crippen LogP contribution in [0.4, 0.5) is 0 Å². The van der Waals surface area contributed by atoms with Gasteiger partial charge >= 0.3 is 0 Å². The van der Waals surface area contributed by atoms with Crippen molar-refractivity contribution in [3.05, 3.63) is 18.0 Å². The maximum absolute atomic E-state index is 12.0. The van der Waals surface area contributed by atoms with E-state index in [0.29, 0.717) is 18.7 Å². The van der Waals surface area contributed by atoms with Gasteiger partial charge < -0.3 is 5.32 Å². The lowest BCUT2D eigenvalue weighted by Gasteiger charge is -2.11. The van der Waals surface area contributed by atoms with E-state index in [2.05, 4.69) is 10.4 Å². The first-order chi connectivity index (χ1) is 8.52. The Balaban J connectivity index is 2.02. The highest BCUT2D eigenvalue weighted by Crippen LogP contribution is 2.12. The van der Waals surface area contributed by atoms with E-state index in [9.17, 15) is 13.2 Å². The van der Waals surface area contributed by atoms with E-state index < -0.39 is 9.84 Å². The summed E-state index contributed by atoms with van der Waals surface area (Å²) in [6.45, 7) is 2.69. The summed E-state index contributed by atoms with van der Waals surface area (Å²) in [5, 5.41) is 6.82.